The van der Waals surface area contributed by atoms with E-state index in [-0.39, 0.29) is 30.4 Å². The molecule has 20 heavy (non-hydrogen) atoms. The van der Waals surface area contributed by atoms with Gasteiger partial charge in [0.25, 0.3) is 11.8 Å². The van der Waals surface area contributed by atoms with Crippen molar-refractivity contribution in [2.45, 2.75) is 25.9 Å². The lowest BCUT2D eigenvalue weighted by atomic mass is 10.2. The molecule has 1 unspecified atom stereocenters. The largest absolute Gasteiger partial charge is 0.383 e. The van der Waals surface area contributed by atoms with Gasteiger partial charge in [0, 0.05) is 13.2 Å². The summed E-state index contributed by atoms with van der Waals surface area (Å²) in [5.74, 6) is -0.0320. The third-order valence-corrected chi connectivity index (χ3v) is 3.61. The van der Waals surface area contributed by atoms with Gasteiger partial charge in [-0.2, -0.15) is 0 Å². The molecule has 0 fully saturated rings. The van der Waals surface area contributed by atoms with Crippen LogP contribution in [0.15, 0.2) is 23.2 Å². The van der Waals surface area contributed by atoms with E-state index in [4.69, 9.17) is 6.15 Å². The predicted molar refractivity (Wildman–Crippen MR) is 70.7 cm³/mol. The zero-order valence-corrected chi connectivity index (χ0v) is 11.7. The quantitative estimate of drug-likeness (QED) is 0.714. The summed E-state index contributed by atoms with van der Waals surface area (Å²) in [7, 11) is 1.54. The number of hydrazine groups is 1. The molecule has 0 aromatic carbocycles. The number of fused-ring (bicyclic) bond motifs is 1. The van der Waals surface area contributed by atoms with Gasteiger partial charge in [0.1, 0.15) is 12.9 Å². The first kappa shape index (κ1) is 11.9. The van der Waals surface area contributed by atoms with Crippen molar-refractivity contribution in [1.82, 2.24) is 20.6 Å². The minimum atomic E-state index is -0.349. The van der Waals surface area contributed by atoms with Crippen molar-refractivity contribution >= 4 is 11.8 Å². The van der Waals surface area contributed by atoms with Crippen molar-refractivity contribution in [2.24, 2.45) is 0 Å². The second-order valence-electron chi connectivity index (χ2n) is 5.31. The molecule has 2 amide bonds. The monoisotopic (exact) mass is 279 g/mol. The predicted octanol–water partition coefficient (Wildman–Crippen LogP) is -0.702. The second kappa shape index (κ2) is 4.60. The average molecular weight is 279 g/mol. The molecule has 0 saturated heterocycles. The lowest BCUT2D eigenvalue weighted by molar-refractivity contribution is -0.129. The molecule has 3 rings (SSSR count). The van der Waals surface area contributed by atoms with E-state index in [0.29, 0.717) is 23.7 Å². The Bertz CT molecular complexity index is 572. The Labute approximate surface area is 118 Å². The molecule has 3 aliphatic heterocycles. The van der Waals surface area contributed by atoms with Crippen molar-refractivity contribution in [2.75, 3.05) is 20.3 Å². The van der Waals surface area contributed by atoms with Crippen LogP contribution in [-0.4, -0.2) is 54.1 Å². The fourth-order valence-electron chi connectivity index (χ4n) is 2.58. The Balaban J connectivity index is 1.91. The molecule has 7 nitrogen and oxygen atoms in total. The van der Waals surface area contributed by atoms with Gasteiger partial charge in [0.2, 0.25) is 0 Å². The van der Waals surface area contributed by atoms with Gasteiger partial charge in [-0.15, -0.1) is 0 Å². The lowest BCUT2D eigenvalue weighted by Gasteiger charge is -2.26. The standard InChI is InChI=1S/C13H18N4O3/c1-7(2)16-5-9-11(13(16)19)14-10-4-8(6-20-3)15-17(10)12(9)18/h4,7-8,14-15H,5-6H2,1-3H3/i/hD. The first-order valence-electron chi connectivity index (χ1n) is 7.04. The molecule has 0 radical (unpaired) electrons. The molecule has 108 valence electrons. The summed E-state index contributed by atoms with van der Waals surface area (Å²) in [6.07, 6.45) is 1.73. The van der Waals surface area contributed by atoms with Gasteiger partial charge < -0.3 is 15.0 Å². The van der Waals surface area contributed by atoms with Crippen molar-refractivity contribution in [1.29, 1.82) is 0 Å². The van der Waals surface area contributed by atoms with E-state index in [0.717, 1.165) is 5.42 Å². The Morgan fingerprint density at radius 3 is 2.90 bits per heavy atom. The van der Waals surface area contributed by atoms with E-state index >= 15 is 0 Å². The van der Waals surface area contributed by atoms with Crippen molar-refractivity contribution in [3.8, 4) is 0 Å². The van der Waals surface area contributed by atoms with E-state index in [2.05, 4.69) is 5.32 Å². The molecule has 0 aromatic rings. The van der Waals surface area contributed by atoms with Gasteiger partial charge in [-0.1, -0.05) is 0 Å². The third kappa shape index (κ3) is 1.82. The molecule has 0 saturated carbocycles. The van der Waals surface area contributed by atoms with Crippen molar-refractivity contribution < 1.29 is 15.7 Å². The van der Waals surface area contributed by atoms with Crippen LogP contribution < -0.4 is 10.7 Å². The molecule has 0 aliphatic carbocycles. The zero-order chi connectivity index (χ0) is 15.3. The van der Waals surface area contributed by atoms with Gasteiger partial charge >= 0.3 is 0 Å². The number of amides is 2. The maximum absolute atomic E-state index is 12.6. The van der Waals surface area contributed by atoms with Crippen LogP contribution in [0.4, 0.5) is 0 Å². The van der Waals surface area contributed by atoms with Crippen LogP contribution in [0.3, 0.4) is 0 Å². The van der Waals surface area contributed by atoms with Crippen LogP contribution in [0, 0.1) is 0 Å². The Morgan fingerprint density at radius 1 is 1.50 bits per heavy atom. The smallest absolute Gasteiger partial charge is 0.274 e. The number of rotatable bonds is 3. The van der Waals surface area contributed by atoms with Gasteiger partial charge in [-0.05, 0) is 19.9 Å². The van der Waals surface area contributed by atoms with Gasteiger partial charge in [0.05, 0.1) is 24.8 Å². The Hall–Kier alpha value is -1.86. The zero-order valence-electron chi connectivity index (χ0n) is 12.7. The Kier molecular flexibility index (Phi) is 2.75. The van der Waals surface area contributed by atoms with Crippen LogP contribution in [0.25, 0.3) is 0 Å². The minimum absolute atomic E-state index is 0.0230. The molecule has 7 heteroatoms. The molecule has 0 bridgehead atoms. The van der Waals surface area contributed by atoms with Crippen LogP contribution in [0.5, 0.6) is 0 Å². The number of ether oxygens (including phenoxy) is 1. The minimum Gasteiger partial charge on any atom is -0.383 e. The first-order valence-corrected chi connectivity index (χ1v) is 6.60. The number of methoxy groups -OCH3 is 1. The number of nitrogens with zero attached hydrogens (tertiary/aromatic N) is 2. The molecule has 3 aliphatic rings. The van der Waals surface area contributed by atoms with Crippen LogP contribution in [-0.2, 0) is 14.3 Å². The topological polar surface area (TPSA) is 73.9 Å². The highest BCUT2D eigenvalue weighted by atomic mass is 16.5. The normalized spacial score (nSPS) is 26.9. The van der Waals surface area contributed by atoms with Crippen molar-refractivity contribution in [3.05, 3.63) is 23.2 Å². The molecular weight excluding hydrogens is 260 g/mol. The second-order valence-corrected chi connectivity index (χ2v) is 5.31. The number of carbonyl (C=O) groups is 2. The number of hydrogen-bond acceptors (Lipinski definition) is 5. The van der Waals surface area contributed by atoms with E-state index in [9.17, 15) is 9.59 Å². The van der Waals surface area contributed by atoms with Gasteiger partial charge in [-0.3, -0.25) is 9.59 Å². The van der Waals surface area contributed by atoms with Crippen molar-refractivity contribution in [3.63, 3.8) is 0 Å². The molecule has 2 N–H and O–H groups in total. The molecule has 1 atom stereocenters. The van der Waals surface area contributed by atoms with E-state index in [1.165, 1.54) is 5.01 Å². The summed E-state index contributed by atoms with van der Waals surface area (Å²) < 4.78 is 13.1. The van der Waals surface area contributed by atoms with Crippen LogP contribution in [0.1, 0.15) is 13.8 Å². The number of nitrogens with one attached hydrogen (secondary N) is 2. The Morgan fingerprint density at radius 2 is 2.25 bits per heavy atom. The highest BCUT2D eigenvalue weighted by Crippen LogP contribution is 2.28. The molecule has 3 heterocycles. The summed E-state index contributed by atoms with van der Waals surface area (Å²) in [6, 6.07) is -0.326. The molecular formula is C13H18N4O3. The fraction of sp³-hybridized carbons (Fsp3) is 0.538. The van der Waals surface area contributed by atoms with Crippen LogP contribution in [0.2, 0.25) is 1.41 Å². The lowest BCUT2D eigenvalue weighted by Crippen LogP contribution is -2.49. The van der Waals surface area contributed by atoms with Gasteiger partial charge in [-0.25, -0.2) is 10.4 Å². The average Bonchev–Trinajstić information content (AvgIpc) is 2.91. The van der Waals surface area contributed by atoms with Gasteiger partial charge in [0.15, 0.2) is 0 Å². The highest BCUT2D eigenvalue weighted by Gasteiger charge is 2.44. The third-order valence-electron chi connectivity index (χ3n) is 3.61. The summed E-state index contributed by atoms with van der Waals surface area (Å²) in [5.41, 5.74) is 1.84. The fourth-order valence-corrected chi connectivity index (χ4v) is 2.58. The van der Waals surface area contributed by atoms with E-state index in [1.807, 2.05) is 13.8 Å². The number of hydrogen-bond donors (Lipinski definition) is 2. The summed E-state index contributed by atoms with van der Waals surface area (Å²) in [6.45, 7) is 4.40. The first-order chi connectivity index (χ1) is 9.95. The van der Waals surface area contributed by atoms with Crippen LogP contribution >= 0.6 is 0 Å². The maximum atomic E-state index is 12.6. The maximum Gasteiger partial charge on any atom is 0.274 e. The SMILES string of the molecule is [2H]N1C(COC)C=C2NC3=C(CN(C(C)C)C3=O)C(=O)N21. The van der Waals surface area contributed by atoms with E-state index in [1.54, 1.807) is 18.1 Å². The summed E-state index contributed by atoms with van der Waals surface area (Å²) in [5, 5.41) is 4.25. The summed E-state index contributed by atoms with van der Waals surface area (Å²) >= 11 is 0. The highest BCUT2D eigenvalue weighted by molar-refractivity contribution is 6.10. The summed E-state index contributed by atoms with van der Waals surface area (Å²) in [4.78, 5) is 26.5. The number of carbonyl (C=O) groups excluding carboxylic acids is 2. The molecule has 0 spiro atoms. The van der Waals surface area contributed by atoms with E-state index < -0.39 is 0 Å². The molecule has 0 aromatic heterocycles.